The molecule has 0 radical (unpaired) electrons. The summed E-state index contributed by atoms with van der Waals surface area (Å²) < 4.78 is 0.256. The highest BCUT2D eigenvalue weighted by Gasteiger charge is 2.28. The van der Waals surface area contributed by atoms with Gasteiger partial charge in [-0.25, -0.2) is 0 Å². The van der Waals surface area contributed by atoms with Crippen molar-refractivity contribution < 1.29 is 19.9 Å². The van der Waals surface area contributed by atoms with Crippen molar-refractivity contribution in [2.45, 2.75) is 12.2 Å². The van der Waals surface area contributed by atoms with Crippen LogP contribution in [0.3, 0.4) is 0 Å². The monoisotopic (exact) mass is 255 g/mol. The lowest BCUT2D eigenvalue weighted by Gasteiger charge is -2.15. The Hall–Kier alpha value is -2.42. The number of nitrogens with zero attached hydrogens (tertiary/aromatic N) is 5. The summed E-state index contributed by atoms with van der Waals surface area (Å²) in [5.41, 5.74) is 7.20. The van der Waals surface area contributed by atoms with Gasteiger partial charge in [0.1, 0.15) is 11.7 Å². The number of aliphatic hydroxyl groups excluding tert-OH is 2. The number of hydrogen-bond donors (Lipinski definition) is 2. The quantitative estimate of drug-likeness (QED) is 0.143. The zero-order valence-corrected chi connectivity index (χ0v) is 8.95. The van der Waals surface area contributed by atoms with Gasteiger partial charge in [-0.15, -0.1) is 0 Å². The number of aromatic nitrogens is 1. The van der Waals surface area contributed by atoms with Crippen LogP contribution >= 0.6 is 0 Å². The third-order valence-corrected chi connectivity index (χ3v) is 2.15. The molecule has 2 atom stereocenters. The Morgan fingerprint density at radius 2 is 2.28 bits per heavy atom. The molecule has 1 aromatic rings. The number of aliphatic hydroxyl groups is 2. The highest BCUT2D eigenvalue weighted by Crippen LogP contribution is 2.25. The number of nitro groups is 1. The van der Waals surface area contributed by atoms with E-state index in [1.54, 1.807) is 0 Å². The van der Waals surface area contributed by atoms with Gasteiger partial charge in [0.05, 0.1) is 23.6 Å². The third-order valence-electron chi connectivity index (χ3n) is 2.15. The van der Waals surface area contributed by atoms with Crippen molar-refractivity contribution in [2.75, 3.05) is 6.54 Å². The first kappa shape index (κ1) is 13.6. The van der Waals surface area contributed by atoms with Crippen molar-refractivity contribution in [1.29, 1.82) is 0 Å². The van der Waals surface area contributed by atoms with Crippen LogP contribution in [0.4, 0.5) is 5.69 Å². The smallest absolute Gasteiger partial charge is 0.287 e. The number of rotatable bonds is 5. The Bertz CT molecular complexity index is 501. The fraction of sp³-hybridized carbons (Fsp3) is 0.375. The maximum Gasteiger partial charge on any atom is 0.287 e. The third kappa shape index (κ3) is 3.04. The number of hydrogen-bond acceptors (Lipinski definition) is 6. The Morgan fingerprint density at radius 1 is 1.61 bits per heavy atom. The molecule has 0 aliphatic rings. The van der Waals surface area contributed by atoms with Crippen LogP contribution in [0, 0.1) is 15.3 Å². The van der Waals surface area contributed by atoms with E-state index in [1.807, 2.05) is 0 Å². The van der Waals surface area contributed by atoms with E-state index >= 15 is 0 Å². The minimum absolute atomic E-state index is 0.256. The zero-order valence-electron chi connectivity index (χ0n) is 8.95. The average molecular weight is 255 g/mol. The standard InChI is InChI=1S/C8H9N5O5/c9-11-10-3-7(14)8(15)5-4-12(16)2-1-6(5)13(17)18/h1-2,4,7-8,14-15H,3H2. The highest BCUT2D eigenvalue weighted by atomic mass is 16.6. The van der Waals surface area contributed by atoms with Gasteiger partial charge in [0.25, 0.3) is 5.69 Å². The molecule has 1 heterocycles. The van der Waals surface area contributed by atoms with E-state index in [0.29, 0.717) is 0 Å². The molecule has 2 unspecified atom stereocenters. The molecule has 10 nitrogen and oxygen atoms in total. The van der Waals surface area contributed by atoms with E-state index in [9.17, 15) is 25.5 Å². The Kier molecular flexibility index (Phi) is 4.38. The van der Waals surface area contributed by atoms with Crippen LogP contribution in [0.25, 0.3) is 10.4 Å². The SMILES string of the molecule is [N-]=[N+]=NCC(O)C(O)c1c[n+]([O-])ccc1[N+](=O)[O-]. The first-order valence-electron chi connectivity index (χ1n) is 4.71. The van der Waals surface area contributed by atoms with Crippen LogP contribution in [0.1, 0.15) is 11.7 Å². The normalized spacial score (nSPS) is 13.4. The fourth-order valence-corrected chi connectivity index (χ4v) is 1.31. The summed E-state index contributed by atoms with van der Waals surface area (Å²) in [4.78, 5) is 12.3. The van der Waals surface area contributed by atoms with Gasteiger partial charge in [0, 0.05) is 4.91 Å². The molecule has 0 spiro atoms. The van der Waals surface area contributed by atoms with Crippen LogP contribution in [-0.4, -0.2) is 27.8 Å². The Morgan fingerprint density at radius 3 is 2.83 bits per heavy atom. The van der Waals surface area contributed by atoms with Crippen molar-refractivity contribution in [3.63, 3.8) is 0 Å². The van der Waals surface area contributed by atoms with Crippen LogP contribution < -0.4 is 4.73 Å². The minimum atomic E-state index is -1.70. The molecule has 18 heavy (non-hydrogen) atoms. The number of pyridine rings is 1. The van der Waals surface area contributed by atoms with Crippen LogP contribution in [0.5, 0.6) is 0 Å². The second-order valence-electron chi connectivity index (χ2n) is 3.33. The fourth-order valence-electron chi connectivity index (χ4n) is 1.31. The van der Waals surface area contributed by atoms with Crippen molar-refractivity contribution in [2.24, 2.45) is 5.11 Å². The molecule has 0 aromatic carbocycles. The highest BCUT2D eigenvalue weighted by molar-refractivity contribution is 5.38. The summed E-state index contributed by atoms with van der Waals surface area (Å²) in [7, 11) is 0. The lowest BCUT2D eigenvalue weighted by Crippen LogP contribution is -2.29. The van der Waals surface area contributed by atoms with Crippen LogP contribution in [0.15, 0.2) is 23.6 Å². The van der Waals surface area contributed by atoms with Gasteiger partial charge in [-0.2, -0.15) is 4.73 Å². The molecule has 0 fully saturated rings. The Balaban J connectivity index is 3.10. The molecule has 96 valence electrons. The molecule has 1 aromatic heterocycles. The lowest BCUT2D eigenvalue weighted by molar-refractivity contribution is -0.606. The van der Waals surface area contributed by atoms with Crippen molar-refractivity contribution in [1.82, 2.24) is 0 Å². The summed E-state index contributed by atoms with van der Waals surface area (Å²) in [5, 5.41) is 43.9. The summed E-state index contributed by atoms with van der Waals surface area (Å²) in [6, 6.07) is 0.909. The second kappa shape index (κ2) is 5.77. The summed E-state index contributed by atoms with van der Waals surface area (Å²) in [6.45, 7) is -0.470. The predicted molar refractivity (Wildman–Crippen MR) is 57.0 cm³/mol. The second-order valence-corrected chi connectivity index (χ2v) is 3.33. The lowest BCUT2D eigenvalue weighted by atomic mass is 10.0. The maximum atomic E-state index is 11.0. The molecular weight excluding hydrogens is 246 g/mol. The molecule has 0 bridgehead atoms. The molecule has 0 aliphatic carbocycles. The van der Waals surface area contributed by atoms with Gasteiger partial charge in [-0.1, -0.05) is 5.11 Å². The topological polar surface area (TPSA) is 159 Å². The van der Waals surface area contributed by atoms with Crippen LogP contribution in [0.2, 0.25) is 0 Å². The predicted octanol–water partition coefficient (Wildman–Crippen LogP) is -0.0672. The Labute approximate surface area is 100 Å². The van der Waals surface area contributed by atoms with Gasteiger partial charge >= 0.3 is 0 Å². The van der Waals surface area contributed by atoms with E-state index in [0.717, 1.165) is 18.5 Å². The summed E-state index contributed by atoms with van der Waals surface area (Å²) in [6.07, 6.45) is -1.56. The largest absolute Gasteiger partial charge is 0.619 e. The molecule has 1 rings (SSSR count). The van der Waals surface area contributed by atoms with E-state index in [2.05, 4.69) is 10.0 Å². The average Bonchev–Trinajstić information content (AvgIpc) is 2.34. The first-order valence-corrected chi connectivity index (χ1v) is 4.71. The van der Waals surface area contributed by atoms with Gasteiger partial charge in [-0.05, 0) is 5.53 Å². The molecule has 0 saturated carbocycles. The molecule has 2 N–H and O–H groups in total. The summed E-state index contributed by atoms with van der Waals surface area (Å²) in [5.74, 6) is 0. The number of azide groups is 1. The zero-order chi connectivity index (χ0) is 13.7. The molecule has 0 amide bonds. The summed E-state index contributed by atoms with van der Waals surface area (Å²) >= 11 is 0. The van der Waals surface area contributed by atoms with Crippen molar-refractivity contribution >= 4 is 5.69 Å². The molecular formula is C8H9N5O5. The van der Waals surface area contributed by atoms with Gasteiger partial charge in [0.2, 0.25) is 0 Å². The van der Waals surface area contributed by atoms with Crippen LogP contribution in [-0.2, 0) is 0 Å². The van der Waals surface area contributed by atoms with E-state index < -0.39 is 29.4 Å². The van der Waals surface area contributed by atoms with Gasteiger partial charge < -0.3 is 15.4 Å². The molecule has 0 aliphatic heterocycles. The minimum Gasteiger partial charge on any atom is -0.619 e. The maximum absolute atomic E-state index is 11.0. The van der Waals surface area contributed by atoms with Gasteiger partial charge in [-0.3, -0.25) is 10.1 Å². The van der Waals surface area contributed by atoms with Gasteiger partial charge in [0.15, 0.2) is 12.4 Å². The first-order chi connectivity index (χ1) is 8.47. The van der Waals surface area contributed by atoms with E-state index in [1.165, 1.54) is 0 Å². The van der Waals surface area contributed by atoms with E-state index in [4.69, 9.17) is 5.53 Å². The molecule has 0 saturated heterocycles. The van der Waals surface area contributed by atoms with E-state index in [-0.39, 0.29) is 10.3 Å². The van der Waals surface area contributed by atoms with Crippen molar-refractivity contribution in [3.05, 3.63) is 49.8 Å². The molecule has 10 heteroatoms. The van der Waals surface area contributed by atoms with Crippen molar-refractivity contribution in [3.8, 4) is 0 Å².